The molecule has 13 heavy (non-hydrogen) atoms. The maximum Gasteiger partial charge on any atom is 0.433 e. The molecule has 1 unspecified atom stereocenters. The van der Waals surface area contributed by atoms with Crippen molar-refractivity contribution in [2.75, 3.05) is 6.61 Å². The van der Waals surface area contributed by atoms with Crippen molar-refractivity contribution in [1.82, 2.24) is 10.2 Å². The Hall–Kier alpha value is -1.08. The van der Waals surface area contributed by atoms with Gasteiger partial charge in [0.25, 0.3) is 0 Å². The molecule has 7 heteroatoms. The third kappa shape index (κ3) is 1.99. The van der Waals surface area contributed by atoms with Crippen LogP contribution in [0.4, 0.5) is 13.2 Å². The number of aliphatic hydroxyl groups is 1. The molecule has 0 aliphatic carbocycles. The highest BCUT2D eigenvalue weighted by Crippen LogP contribution is 2.31. The number of hydrogen-bond acceptors (Lipinski definition) is 3. The van der Waals surface area contributed by atoms with E-state index in [1.54, 1.807) is 5.10 Å². The number of aromatic amines is 1. The van der Waals surface area contributed by atoms with Crippen LogP contribution in [0.2, 0.25) is 0 Å². The number of alkyl halides is 3. The van der Waals surface area contributed by atoms with Gasteiger partial charge in [-0.1, -0.05) is 0 Å². The molecule has 74 valence electrons. The first-order chi connectivity index (χ1) is 5.96. The first kappa shape index (κ1) is 10.0. The van der Waals surface area contributed by atoms with E-state index in [0.29, 0.717) is 0 Å². The first-order valence-corrected chi connectivity index (χ1v) is 3.43. The second-order valence-corrected chi connectivity index (χ2v) is 2.49. The number of rotatable bonds is 2. The van der Waals surface area contributed by atoms with E-state index in [2.05, 4.69) is 5.10 Å². The summed E-state index contributed by atoms with van der Waals surface area (Å²) in [6.07, 6.45) is -3.55. The Morgan fingerprint density at radius 3 is 2.69 bits per heavy atom. The van der Waals surface area contributed by atoms with Crippen molar-refractivity contribution in [3.8, 4) is 0 Å². The Morgan fingerprint density at radius 2 is 2.23 bits per heavy atom. The van der Waals surface area contributed by atoms with Crippen LogP contribution in [0.25, 0.3) is 0 Å². The SMILES string of the molecule is NC(CO)c1cn[nH]c1C(F)(F)F. The van der Waals surface area contributed by atoms with Crippen LogP contribution in [0, 0.1) is 0 Å². The largest absolute Gasteiger partial charge is 0.433 e. The quantitative estimate of drug-likeness (QED) is 0.640. The Morgan fingerprint density at radius 1 is 1.62 bits per heavy atom. The summed E-state index contributed by atoms with van der Waals surface area (Å²) in [5.74, 6) is 0. The maximum atomic E-state index is 12.2. The normalized spacial score (nSPS) is 14.5. The molecule has 4 N–H and O–H groups in total. The molecule has 1 atom stereocenters. The summed E-state index contributed by atoms with van der Waals surface area (Å²) in [6, 6.07) is -1.06. The zero-order valence-corrected chi connectivity index (χ0v) is 6.47. The van der Waals surface area contributed by atoms with Crippen molar-refractivity contribution in [1.29, 1.82) is 0 Å². The van der Waals surface area contributed by atoms with Crippen LogP contribution >= 0.6 is 0 Å². The lowest BCUT2D eigenvalue weighted by Crippen LogP contribution is -2.19. The summed E-state index contributed by atoms with van der Waals surface area (Å²) in [6.45, 7) is -0.553. The number of nitrogens with two attached hydrogens (primary N) is 1. The highest BCUT2D eigenvalue weighted by Gasteiger charge is 2.36. The molecule has 0 bridgehead atoms. The molecule has 0 saturated heterocycles. The molecule has 1 heterocycles. The summed E-state index contributed by atoms with van der Waals surface area (Å²) < 4.78 is 36.5. The van der Waals surface area contributed by atoms with Crippen molar-refractivity contribution < 1.29 is 18.3 Å². The molecule has 0 aliphatic heterocycles. The van der Waals surface area contributed by atoms with Crippen LogP contribution < -0.4 is 5.73 Å². The predicted octanol–water partition coefficient (Wildman–Crippen LogP) is 0.421. The minimum Gasteiger partial charge on any atom is -0.394 e. The maximum absolute atomic E-state index is 12.2. The Balaban J connectivity index is 3.03. The van der Waals surface area contributed by atoms with Gasteiger partial charge in [-0.2, -0.15) is 18.3 Å². The van der Waals surface area contributed by atoms with E-state index in [1.807, 2.05) is 0 Å². The standard InChI is InChI=1S/C6H8F3N3O/c7-6(8,9)5-3(1-11-12-5)4(10)2-13/h1,4,13H,2,10H2,(H,11,12). The predicted molar refractivity (Wildman–Crippen MR) is 37.6 cm³/mol. The van der Waals surface area contributed by atoms with E-state index in [1.165, 1.54) is 0 Å². The summed E-state index contributed by atoms with van der Waals surface area (Å²) in [5, 5.41) is 13.6. The fourth-order valence-electron chi connectivity index (χ4n) is 0.902. The van der Waals surface area contributed by atoms with Gasteiger partial charge in [0.1, 0.15) is 5.69 Å². The van der Waals surface area contributed by atoms with Gasteiger partial charge in [-0.05, 0) is 0 Å². The highest BCUT2D eigenvalue weighted by molar-refractivity contribution is 5.22. The Kier molecular flexibility index (Phi) is 2.58. The summed E-state index contributed by atoms with van der Waals surface area (Å²) in [7, 11) is 0. The number of aliphatic hydroxyl groups excluding tert-OH is 1. The molecule has 0 radical (unpaired) electrons. The minimum absolute atomic E-state index is 0.227. The van der Waals surface area contributed by atoms with Crippen LogP contribution in [0.1, 0.15) is 17.3 Å². The van der Waals surface area contributed by atoms with Crippen molar-refractivity contribution in [2.45, 2.75) is 12.2 Å². The lowest BCUT2D eigenvalue weighted by Gasteiger charge is -2.10. The van der Waals surface area contributed by atoms with E-state index >= 15 is 0 Å². The second kappa shape index (κ2) is 3.35. The van der Waals surface area contributed by atoms with E-state index in [0.717, 1.165) is 6.20 Å². The topological polar surface area (TPSA) is 74.9 Å². The third-order valence-corrected chi connectivity index (χ3v) is 1.55. The molecular formula is C6H8F3N3O. The molecule has 1 rings (SSSR count). The molecule has 1 aromatic heterocycles. The van der Waals surface area contributed by atoms with E-state index in [4.69, 9.17) is 10.8 Å². The Labute approximate surface area is 71.6 Å². The average molecular weight is 195 g/mol. The summed E-state index contributed by atoms with van der Waals surface area (Å²) in [5.41, 5.74) is 3.99. The molecular weight excluding hydrogens is 187 g/mol. The monoisotopic (exact) mass is 195 g/mol. The minimum atomic E-state index is -4.52. The zero-order chi connectivity index (χ0) is 10.1. The average Bonchev–Trinajstić information content (AvgIpc) is 2.49. The number of aromatic nitrogens is 2. The third-order valence-electron chi connectivity index (χ3n) is 1.55. The second-order valence-electron chi connectivity index (χ2n) is 2.49. The number of nitrogens with zero attached hydrogens (tertiary/aromatic N) is 1. The first-order valence-electron chi connectivity index (χ1n) is 3.43. The van der Waals surface area contributed by atoms with Crippen molar-refractivity contribution >= 4 is 0 Å². The fourth-order valence-corrected chi connectivity index (χ4v) is 0.902. The zero-order valence-electron chi connectivity index (χ0n) is 6.47. The number of nitrogens with one attached hydrogen (secondary N) is 1. The number of hydrogen-bond donors (Lipinski definition) is 3. The van der Waals surface area contributed by atoms with Crippen LogP contribution in [-0.4, -0.2) is 21.9 Å². The van der Waals surface area contributed by atoms with E-state index in [9.17, 15) is 13.2 Å². The molecule has 1 aromatic rings. The molecule has 0 saturated carbocycles. The van der Waals surface area contributed by atoms with Crippen molar-refractivity contribution in [3.63, 3.8) is 0 Å². The summed E-state index contributed by atoms with van der Waals surface area (Å²) in [4.78, 5) is 0. The molecule has 0 spiro atoms. The van der Waals surface area contributed by atoms with Gasteiger partial charge in [-0.15, -0.1) is 0 Å². The van der Waals surface area contributed by atoms with Crippen LogP contribution in [0.5, 0.6) is 0 Å². The fraction of sp³-hybridized carbons (Fsp3) is 0.500. The van der Waals surface area contributed by atoms with Gasteiger partial charge in [0.2, 0.25) is 0 Å². The van der Waals surface area contributed by atoms with Crippen LogP contribution in [0.3, 0.4) is 0 Å². The molecule has 4 nitrogen and oxygen atoms in total. The molecule has 0 aromatic carbocycles. The smallest absolute Gasteiger partial charge is 0.394 e. The summed E-state index contributed by atoms with van der Waals surface area (Å²) >= 11 is 0. The van der Waals surface area contributed by atoms with Gasteiger partial charge in [0.15, 0.2) is 0 Å². The van der Waals surface area contributed by atoms with Crippen molar-refractivity contribution in [2.24, 2.45) is 5.73 Å². The lowest BCUT2D eigenvalue weighted by molar-refractivity contribution is -0.142. The van der Waals surface area contributed by atoms with Gasteiger partial charge in [-0.3, -0.25) is 5.10 Å². The van der Waals surface area contributed by atoms with Crippen molar-refractivity contribution in [3.05, 3.63) is 17.5 Å². The van der Waals surface area contributed by atoms with Gasteiger partial charge in [-0.25, -0.2) is 0 Å². The number of halogens is 3. The van der Waals surface area contributed by atoms with Gasteiger partial charge >= 0.3 is 6.18 Å². The molecule has 0 amide bonds. The van der Waals surface area contributed by atoms with Crippen LogP contribution in [0.15, 0.2) is 6.20 Å². The lowest BCUT2D eigenvalue weighted by atomic mass is 10.1. The number of H-pyrrole nitrogens is 1. The van der Waals surface area contributed by atoms with Crippen LogP contribution in [-0.2, 0) is 6.18 Å². The van der Waals surface area contributed by atoms with Gasteiger partial charge in [0, 0.05) is 5.56 Å². The Bertz CT molecular complexity index is 283. The van der Waals surface area contributed by atoms with Gasteiger partial charge in [0.05, 0.1) is 18.8 Å². The van der Waals surface area contributed by atoms with Gasteiger partial charge < -0.3 is 10.8 Å². The van der Waals surface area contributed by atoms with E-state index < -0.39 is 24.5 Å². The molecule has 0 aliphatic rings. The van der Waals surface area contributed by atoms with E-state index in [-0.39, 0.29) is 5.56 Å². The highest BCUT2D eigenvalue weighted by atomic mass is 19.4. The molecule has 0 fully saturated rings.